The fourth-order valence-electron chi connectivity index (χ4n) is 3.83. The van der Waals surface area contributed by atoms with Gasteiger partial charge in [0, 0.05) is 0 Å². The Morgan fingerprint density at radius 2 is 1.22 bits per heavy atom. The van der Waals surface area contributed by atoms with Gasteiger partial charge < -0.3 is 36.2 Å². The van der Waals surface area contributed by atoms with Crippen LogP contribution in [0.5, 0.6) is 0 Å². The Balaban J connectivity index is 1.78. The standard InChI is InChI=1S/C28H32N2O7/c29-21(17-31)24(33)25(34)26(35)28(36)30-22(18-10-4-1-5-11-18)16-23(32)37-27(19-12-6-2-7-13-19)20-14-8-3-9-15-20/h1-15,21-22,24-27,31,33-35H,16-17,29H2,(H,30,36)/t21-,22+,24-,25-,26+/m1/s1. The van der Waals surface area contributed by atoms with Crippen molar-refractivity contribution in [3.8, 4) is 0 Å². The van der Waals surface area contributed by atoms with E-state index in [0.717, 1.165) is 11.1 Å². The predicted molar refractivity (Wildman–Crippen MR) is 136 cm³/mol. The first-order chi connectivity index (χ1) is 17.8. The number of nitrogens with two attached hydrogens (primary N) is 1. The van der Waals surface area contributed by atoms with E-state index in [1.54, 1.807) is 30.3 Å². The monoisotopic (exact) mass is 508 g/mol. The number of esters is 1. The molecule has 1 amide bonds. The van der Waals surface area contributed by atoms with Crippen LogP contribution in [0.2, 0.25) is 0 Å². The molecule has 3 aromatic carbocycles. The Kier molecular flexibility index (Phi) is 10.3. The van der Waals surface area contributed by atoms with Crippen molar-refractivity contribution in [1.29, 1.82) is 0 Å². The van der Waals surface area contributed by atoms with Crippen molar-refractivity contribution in [2.24, 2.45) is 5.73 Å². The Morgan fingerprint density at radius 3 is 1.68 bits per heavy atom. The lowest BCUT2D eigenvalue weighted by molar-refractivity contribution is -0.149. The van der Waals surface area contributed by atoms with Gasteiger partial charge in [0.25, 0.3) is 5.91 Å². The van der Waals surface area contributed by atoms with Crippen LogP contribution in [0.1, 0.15) is 35.3 Å². The van der Waals surface area contributed by atoms with Crippen LogP contribution in [0.15, 0.2) is 91.0 Å². The van der Waals surface area contributed by atoms with Gasteiger partial charge in [-0.05, 0) is 16.7 Å². The van der Waals surface area contributed by atoms with Gasteiger partial charge in [0.1, 0.15) is 12.2 Å². The second-order valence-electron chi connectivity index (χ2n) is 8.64. The second kappa shape index (κ2) is 13.6. The maximum Gasteiger partial charge on any atom is 0.309 e. The first-order valence-electron chi connectivity index (χ1n) is 11.9. The van der Waals surface area contributed by atoms with E-state index in [4.69, 9.17) is 15.6 Å². The van der Waals surface area contributed by atoms with Crippen LogP contribution in [-0.4, -0.2) is 63.3 Å². The number of amides is 1. The van der Waals surface area contributed by atoms with Crippen LogP contribution in [0.25, 0.3) is 0 Å². The highest BCUT2D eigenvalue weighted by Gasteiger charge is 2.35. The third-order valence-corrected chi connectivity index (χ3v) is 5.93. The summed E-state index contributed by atoms with van der Waals surface area (Å²) < 4.78 is 5.86. The van der Waals surface area contributed by atoms with Gasteiger partial charge in [-0.2, -0.15) is 0 Å². The van der Waals surface area contributed by atoms with E-state index in [0.29, 0.717) is 5.56 Å². The normalized spacial score (nSPS) is 15.3. The summed E-state index contributed by atoms with van der Waals surface area (Å²) in [5.41, 5.74) is 7.61. The zero-order valence-corrected chi connectivity index (χ0v) is 20.1. The molecular formula is C28H32N2O7. The maximum atomic E-state index is 13.1. The van der Waals surface area contributed by atoms with Crippen LogP contribution in [0.3, 0.4) is 0 Å². The van der Waals surface area contributed by atoms with E-state index < -0.39 is 55.0 Å². The van der Waals surface area contributed by atoms with E-state index in [1.165, 1.54) is 0 Å². The molecule has 0 saturated carbocycles. The highest BCUT2D eigenvalue weighted by Crippen LogP contribution is 2.28. The molecule has 3 aromatic rings. The number of carbonyl (C=O) groups is 2. The van der Waals surface area contributed by atoms with Crippen molar-refractivity contribution >= 4 is 11.9 Å². The van der Waals surface area contributed by atoms with E-state index in [1.807, 2.05) is 60.7 Å². The van der Waals surface area contributed by atoms with Crippen molar-refractivity contribution in [2.45, 2.75) is 42.9 Å². The second-order valence-corrected chi connectivity index (χ2v) is 8.64. The van der Waals surface area contributed by atoms with E-state index in [9.17, 15) is 24.9 Å². The van der Waals surface area contributed by atoms with Crippen molar-refractivity contribution in [2.75, 3.05) is 6.61 Å². The molecule has 37 heavy (non-hydrogen) atoms. The SMILES string of the molecule is N[C@H](CO)[C@@H](O)[C@@H](O)[C@H](O)C(=O)N[C@@H](CC(=O)OC(c1ccccc1)c1ccccc1)c1ccccc1. The smallest absolute Gasteiger partial charge is 0.309 e. The summed E-state index contributed by atoms with van der Waals surface area (Å²) in [5.74, 6) is -1.63. The first-order valence-corrected chi connectivity index (χ1v) is 11.9. The lowest BCUT2D eigenvalue weighted by atomic mass is 9.99. The molecule has 0 radical (unpaired) electrons. The Hall–Kier alpha value is -3.60. The van der Waals surface area contributed by atoms with E-state index in [-0.39, 0.29) is 6.42 Å². The van der Waals surface area contributed by atoms with Crippen LogP contribution < -0.4 is 11.1 Å². The summed E-state index contributed by atoms with van der Waals surface area (Å²) in [6.07, 6.45) is -6.71. The molecule has 0 aromatic heterocycles. The molecule has 3 rings (SSSR count). The number of ether oxygens (including phenoxy) is 1. The van der Waals surface area contributed by atoms with Gasteiger partial charge in [-0.25, -0.2) is 0 Å². The number of carbonyl (C=O) groups excluding carboxylic acids is 2. The predicted octanol–water partition coefficient (Wildman–Crippen LogP) is 0.969. The third kappa shape index (κ3) is 7.69. The highest BCUT2D eigenvalue weighted by molar-refractivity contribution is 5.82. The molecule has 7 N–H and O–H groups in total. The van der Waals surface area contributed by atoms with Gasteiger partial charge in [-0.15, -0.1) is 0 Å². The average molecular weight is 509 g/mol. The summed E-state index contributed by atoms with van der Waals surface area (Å²) in [6.45, 7) is -0.658. The summed E-state index contributed by atoms with van der Waals surface area (Å²) in [7, 11) is 0. The minimum atomic E-state index is -2.06. The molecule has 0 saturated heterocycles. The van der Waals surface area contributed by atoms with Gasteiger partial charge >= 0.3 is 5.97 Å². The Morgan fingerprint density at radius 1 is 0.757 bits per heavy atom. The number of hydrogen-bond acceptors (Lipinski definition) is 8. The lowest BCUT2D eigenvalue weighted by Gasteiger charge is -2.27. The minimum Gasteiger partial charge on any atom is -0.452 e. The molecule has 0 aliphatic heterocycles. The van der Waals surface area contributed by atoms with Gasteiger partial charge in [0.05, 0.1) is 25.1 Å². The largest absolute Gasteiger partial charge is 0.452 e. The van der Waals surface area contributed by atoms with Crippen molar-refractivity contribution in [1.82, 2.24) is 5.32 Å². The van der Waals surface area contributed by atoms with Gasteiger partial charge in [-0.3, -0.25) is 9.59 Å². The fraction of sp³-hybridized carbons (Fsp3) is 0.286. The van der Waals surface area contributed by atoms with Crippen molar-refractivity contribution in [3.63, 3.8) is 0 Å². The quantitative estimate of drug-likeness (QED) is 0.197. The highest BCUT2D eigenvalue weighted by atomic mass is 16.5. The molecule has 196 valence electrons. The minimum absolute atomic E-state index is 0.270. The lowest BCUT2D eigenvalue weighted by Crippen LogP contribution is -2.54. The van der Waals surface area contributed by atoms with E-state index in [2.05, 4.69) is 5.32 Å². The summed E-state index contributed by atoms with van der Waals surface area (Å²) in [5, 5.41) is 42.0. The van der Waals surface area contributed by atoms with E-state index >= 15 is 0 Å². The number of aliphatic hydroxyl groups is 4. The number of aliphatic hydroxyl groups excluding tert-OH is 4. The molecule has 9 heteroatoms. The number of benzene rings is 3. The first kappa shape index (κ1) is 28.0. The van der Waals surface area contributed by atoms with Crippen LogP contribution in [0, 0.1) is 0 Å². The zero-order chi connectivity index (χ0) is 26.8. The molecule has 5 atom stereocenters. The third-order valence-electron chi connectivity index (χ3n) is 5.93. The molecule has 9 nitrogen and oxygen atoms in total. The summed E-state index contributed by atoms with van der Waals surface area (Å²) in [6, 6.07) is 24.9. The molecule has 0 fully saturated rings. The summed E-state index contributed by atoms with van der Waals surface area (Å²) >= 11 is 0. The van der Waals surface area contributed by atoms with Gasteiger partial charge in [0.2, 0.25) is 0 Å². The molecule has 0 unspecified atom stereocenters. The van der Waals surface area contributed by atoms with Crippen LogP contribution in [-0.2, 0) is 14.3 Å². The van der Waals surface area contributed by atoms with Crippen LogP contribution in [0.4, 0.5) is 0 Å². The molecule has 0 heterocycles. The number of hydrogen-bond donors (Lipinski definition) is 6. The molecular weight excluding hydrogens is 476 g/mol. The molecule has 0 spiro atoms. The number of nitrogens with one attached hydrogen (secondary N) is 1. The van der Waals surface area contributed by atoms with Gasteiger partial charge in [-0.1, -0.05) is 91.0 Å². The fourth-order valence-corrected chi connectivity index (χ4v) is 3.83. The molecule has 0 aliphatic rings. The Bertz CT molecular complexity index is 1080. The maximum absolute atomic E-state index is 13.1. The Labute approximate surface area is 215 Å². The molecule has 0 aliphatic carbocycles. The average Bonchev–Trinajstić information content (AvgIpc) is 2.95. The number of rotatable bonds is 12. The molecule has 0 bridgehead atoms. The zero-order valence-electron chi connectivity index (χ0n) is 20.1. The van der Waals surface area contributed by atoms with Crippen molar-refractivity contribution < 1.29 is 34.8 Å². The van der Waals surface area contributed by atoms with Gasteiger partial charge in [0.15, 0.2) is 12.2 Å². The van der Waals surface area contributed by atoms with Crippen molar-refractivity contribution in [3.05, 3.63) is 108 Å². The van der Waals surface area contributed by atoms with Crippen LogP contribution >= 0.6 is 0 Å². The summed E-state index contributed by atoms with van der Waals surface area (Å²) in [4.78, 5) is 25.9. The topological polar surface area (TPSA) is 162 Å².